The summed E-state index contributed by atoms with van der Waals surface area (Å²) in [5, 5.41) is 0. The molecule has 0 saturated heterocycles. The molecule has 0 amide bonds. The summed E-state index contributed by atoms with van der Waals surface area (Å²) >= 11 is 0. The van der Waals surface area contributed by atoms with Crippen molar-refractivity contribution in [2.75, 3.05) is 0 Å². The van der Waals surface area contributed by atoms with Crippen molar-refractivity contribution >= 4 is 11.6 Å². The summed E-state index contributed by atoms with van der Waals surface area (Å²) in [5.41, 5.74) is 3.19. The minimum atomic E-state index is -0.0607. The van der Waals surface area contributed by atoms with Crippen LogP contribution in [0.1, 0.15) is 63.3 Å². The Bertz CT molecular complexity index is 1040. The number of hydrogen-bond acceptors (Lipinski definition) is 2. The Labute approximate surface area is 175 Å². The van der Waals surface area contributed by atoms with E-state index in [1.54, 1.807) is 12.1 Å². The van der Waals surface area contributed by atoms with Crippen molar-refractivity contribution in [1.82, 2.24) is 4.57 Å². The van der Waals surface area contributed by atoms with Crippen LogP contribution in [-0.4, -0.2) is 16.1 Å². The lowest BCUT2D eigenvalue weighted by Gasteiger charge is -2.13. The van der Waals surface area contributed by atoms with Gasteiger partial charge in [-0.2, -0.15) is 0 Å². The summed E-state index contributed by atoms with van der Waals surface area (Å²) in [7, 11) is 0. The third kappa shape index (κ3) is 3.24. The van der Waals surface area contributed by atoms with Gasteiger partial charge in [-0.25, -0.2) is 9.13 Å². The van der Waals surface area contributed by atoms with Crippen LogP contribution in [0.2, 0.25) is 0 Å². The normalized spacial score (nSPS) is 12.4. The predicted molar refractivity (Wildman–Crippen MR) is 103 cm³/mol. The molecule has 5 heteroatoms. The van der Waals surface area contributed by atoms with Gasteiger partial charge in [0.1, 0.15) is 6.54 Å². The zero-order valence-electron chi connectivity index (χ0n) is 16.1. The second-order valence-corrected chi connectivity index (χ2v) is 7.03. The van der Waals surface area contributed by atoms with E-state index in [-0.39, 0.29) is 28.5 Å². The minimum absolute atomic E-state index is 0. The standard InChI is InChI=1S/C23H23N2O2.BrH/c1-3-4-14-24-16(2)25(15-17-10-6-5-7-11-17)21-20(24)22(26)18-12-8-9-13-19(18)23(21)27;/h5-13H,3-4,14-15H2,1-2H3;1H/q+1;/p-1. The van der Waals surface area contributed by atoms with Gasteiger partial charge >= 0.3 is 0 Å². The Morgan fingerprint density at radius 1 is 0.893 bits per heavy atom. The first-order valence-electron chi connectivity index (χ1n) is 9.48. The lowest BCUT2D eigenvalue weighted by atomic mass is 9.90. The predicted octanol–water partition coefficient (Wildman–Crippen LogP) is 0.712. The van der Waals surface area contributed by atoms with Crippen LogP contribution in [0, 0.1) is 6.92 Å². The highest BCUT2D eigenvalue weighted by Crippen LogP contribution is 2.27. The van der Waals surface area contributed by atoms with Gasteiger partial charge in [0.05, 0.1) is 6.54 Å². The Hall–Kier alpha value is -2.53. The number of fused-ring (bicyclic) bond motifs is 2. The van der Waals surface area contributed by atoms with Crippen molar-refractivity contribution < 1.29 is 31.1 Å². The molecule has 28 heavy (non-hydrogen) atoms. The smallest absolute Gasteiger partial charge is 0.254 e. The monoisotopic (exact) mass is 438 g/mol. The lowest BCUT2D eigenvalue weighted by molar-refractivity contribution is -0.695. The van der Waals surface area contributed by atoms with Gasteiger partial charge in [0, 0.05) is 18.1 Å². The van der Waals surface area contributed by atoms with Gasteiger partial charge in [0.15, 0.2) is 0 Å². The molecule has 2 aromatic carbocycles. The zero-order valence-corrected chi connectivity index (χ0v) is 17.7. The summed E-state index contributed by atoms with van der Waals surface area (Å²) in [4.78, 5) is 26.6. The fraction of sp³-hybridized carbons (Fsp3) is 0.261. The molecule has 0 unspecified atom stereocenters. The summed E-state index contributed by atoms with van der Waals surface area (Å²) in [6.45, 7) is 5.46. The summed E-state index contributed by atoms with van der Waals surface area (Å²) in [6, 6.07) is 17.2. The number of hydrogen-bond donors (Lipinski definition) is 0. The van der Waals surface area contributed by atoms with Gasteiger partial charge in [0.25, 0.3) is 5.82 Å². The molecular formula is C23H23BrN2O2. The van der Waals surface area contributed by atoms with Gasteiger partial charge in [-0.15, -0.1) is 0 Å². The molecule has 0 saturated carbocycles. The molecule has 1 aliphatic rings. The van der Waals surface area contributed by atoms with E-state index in [4.69, 9.17) is 0 Å². The van der Waals surface area contributed by atoms with Crippen molar-refractivity contribution in [2.24, 2.45) is 0 Å². The Balaban J connectivity index is 0.00000225. The van der Waals surface area contributed by atoms with E-state index in [0.29, 0.717) is 29.1 Å². The number of ketones is 2. The van der Waals surface area contributed by atoms with Crippen LogP contribution in [-0.2, 0) is 13.1 Å². The highest BCUT2D eigenvalue weighted by molar-refractivity contribution is 6.26. The quantitative estimate of drug-likeness (QED) is 0.430. The number of nitrogens with zero attached hydrogens (tertiary/aromatic N) is 2. The average molecular weight is 439 g/mol. The first kappa shape index (κ1) is 20.2. The van der Waals surface area contributed by atoms with E-state index < -0.39 is 0 Å². The number of benzene rings is 2. The maximum absolute atomic E-state index is 13.3. The van der Waals surface area contributed by atoms with E-state index in [2.05, 4.69) is 6.92 Å². The first-order chi connectivity index (χ1) is 13.1. The Morgan fingerprint density at radius 3 is 2.14 bits per heavy atom. The molecule has 4 rings (SSSR count). The van der Waals surface area contributed by atoms with Crippen LogP contribution < -0.4 is 21.5 Å². The molecule has 1 aromatic heterocycles. The molecule has 0 N–H and O–H groups in total. The van der Waals surface area contributed by atoms with E-state index in [0.717, 1.165) is 30.8 Å². The van der Waals surface area contributed by atoms with Crippen molar-refractivity contribution in [1.29, 1.82) is 0 Å². The molecule has 4 nitrogen and oxygen atoms in total. The van der Waals surface area contributed by atoms with Gasteiger partial charge in [0.2, 0.25) is 23.0 Å². The molecule has 0 bridgehead atoms. The minimum Gasteiger partial charge on any atom is -1.00 e. The Kier molecular flexibility index (Phi) is 5.94. The van der Waals surface area contributed by atoms with E-state index >= 15 is 0 Å². The van der Waals surface area contributed by atoms with Gasteiger partial charge in [-0.1, -0.05) is 67.9 Å². The number of imidazole rings is 1. The SMILES string of the molecule is CCCCn1c2c([n+](Cc3ccccc3)c1C)C(=O)c1ccccc1C2=O.[Br-]. The number of carbonyl (C=O) groups excluding carboxylic acids is 2. The number of aromatic nitrogens is 2. The van der Waals surface area contributed by atoms with Crippen molar-refractivity contribution in [3.8, 4) is 0 Å². The van der Waals surface area contributed by atoms with Gasteiger partial charge < -0.3 is 17.0 Å². The van der Waals surface area contributed by atoms with Gasteiger partial charge in [-0.3, -0.25) is 9.59 Å². The van der Waals surface area contributed by atoms with E-state index in [1.807, 2.05) is 58.5 Å². The van der Waals surface area contributed by atoms with Crippen LogP contribution in [0.3, 0.4) is 0 Å². The van der Waals surface area contributed by atoms with Gasteiger partial charge in [-0.05, 0) is 12.0 Å². The van der Waals surface area contributed by atoms with E-state index in [1.165, 1.54) is 0 Å². The van der Waals surface area contributed by atoms with Crippen LogP contribution in [0.5, 0.6) is 0 Å². The van der Waals surface area contributed by atoms with Crippen LogP contribution >= 0.6 is 0 Å². The fourth-order valence-corrected chi connectivity index (χ4v) is 3.87. The largest absolute Gasteiger partial charge is 1.00 e. The number of rotatable bonds is 5. The molecule has 0 fully saturated rings. The number of carbonyl (C=O) groups is 2. The summed E-state index contributed by atoms with van der Waals surface area (Å²) < 4.78 is 4.05. The van der Waals surface area contributed by atoms with Crippen LogP contribution in [0.4, 0.5) is 0 Å². The van der Waals surface area contributed by atoms with Crippen molar-refractivity contribution in [2.45, 2.75) is 39.8 Å². The maximum Gasteiger partial charge on any atom is 0.254 e. The molecule has 3 aromatic rings. The average Bonchev–Trinajstić information content (AvgIpc) is 2.97. The molecule has 144 valence electrons. The number of unbranched alkanes of at least 4 members (excludes halogenated alkanes) is 1. The van der Waals surface area contributed by atoms with E-state index in [9.17, 15) is 9.59 Å². The Morgan fingerprint density at radius 2 is 1.50 bits per heavy atom. The lowest BCUT2D eigenvalue weighted by Crippen LogP contribution is -3.00. The molecule has 1 heterocycles. The second kappa shape index (κ2) is 8.23. The van der Waals surface area contributed by atoms with Crippen LogP contribution in [0.15, 0.2) is 54.6 Å². The fourth-order valence-electron chi connectivity index (χ4n) is 3.87. The maximum atomic E-state index is 13.3. The van der Waals surface area contributed by atoms with Crippen molar-refractivity contribution in [3.05, 3.63) is 88.5 Å². The molecule has 0 spiro atoms. The summed E-state index contributed by atoms with van der Waals surface area (Å²) in [5.74, 6) is 0.840. The molecule has 0 atom stereocenters. The first-order valence-corrected chi connectivity index (χ1v) is 9.48. The molecular weight excluding hydrogens is 416 g/mol. The topological polar surface area (TPSA) is 43.0 Å². The number of halogens is 1. The summed E-state index contributed by atoms with van der Waals surface area (Å²) in [6.07, 6.45) is 2.00. The highest BCUT2D eigenvalue weighted by Gasteiger charge is 2.42. The molecule has 0 aliphatic heterocycles. The molecule has 1 aliphatic carbocycles. The zero-order chi connectivity index (χ0) is 19.0. The molecule has 0 radical (unpaired) electrons. The second-order valence-electron chi connectivity index (χ2n) is 7.03. The third-order valence-electron chi connectivity index (χ3n) is 5.31. The third-order valence-corrected chi connectivity index (χ3v) is 5.31. The highest BCUT2D eigenvalue weighted by atomic mass is 79.9. The van der Waals surface area contributed by atoms with Crippen molar-refractivity contribution in [3.63, 3.8) is 0 Å². The van der Waals surface area contributed by atoms with Crippen LogP contribution in [0.25, 0.3) is 0 Å².